The van der Waals surface area contributed by atoms with Crippen LogP contribution in [0.25, 0.3) is 10.9 Å². The van der Waals surface area contributed by atoms with Crippen LogP contribution in [-0.4, -0.2) is 34.9 Å². The zero-order valence-electron chi connectivity index (χ0n) is 19.1. The van der Waals surface area contributed by atoms with Gasteiger partial charge in [0.25, 0.3) is 0 Å². The molecule has 1 heterocycles. The second-order valence-electron chi connectivity index (χ2n) is 7.87. The molecule has 6 heteroatoms. The Morgan fingerprint density at radius 2 is 1.88 bits per heavy atom. The van der Waals surface area contributed by atoms with Crippen molar-refractivity contribution in [1.29, 1.82) is 0 Å². The zero-order chi connectivity index (χ0) is 23.1. The van der Waals surface area contributed by atoms with Crippen molar-refractivity contribution < 1.29 is 24.1 Å². The lowest BCUT2D eigenvalue weighted by Gasteiger charge is -2.19. The third-order valence-corrected chi connectivity index (χ3v) is 5.12. The number of benzene rings is 2. The number of carboxylic acid groups (broad SMARTS) is 1. The van der Waals surface area contributed by atoms with Gasteiger partial charge in [-0.1, -0.05) is 31.2 Å². The number of carboxylic acids is 1. The van der Waals surface area contributed by atoms with E-state index in [1.165, 1.54) is 5.56 Å². The number of pyridine rings is 1. The molecule has 0 radical (unpaired) electrons. The molecule has 2 aromatic carbocycles. The standard InChI is InChI=1S/C26H31NO5/c1-5-18-11-12-22-21(13-18)25(32-17(3)4)20(15-27-22)16-31-23-10-8-7-9-19(23)14-24(26(28)29)30-6-2/h7-13,15,17,24H,5-6,14,16H2,1-4H3,(H,28,29). The van der Waals surface area contributed by atoms with E-state index < -0.39 is 12.1 Å². The van der Waals surface area contributed by atoms with Crippen LogP contribution >= 0.6 is 0 Å². The van der Waals surface area contributed by atoms with Crippen molar-refractivity contribution in [3.8, 4) is 11.5 Å². The molecule has 32 heavy (non-hydrogen) atoms. The van der Waals surface area contributed by atoms with Gasteiger partial charge in [-0.15, -0.1) is 0 Å². The van der Waals surface area contributed by atoms with E-state index in [9.17, 15) is 9.90 Å². The number of carbonyl (C=O) groups is 1. The predicted octanol–water partition coefficient (Wildman–Crippen LogP) is 5.20. The fourth-order valence-corrected chi connectivity index (χ4v) is 3.54. The molecule has 3 rings (SSSR count). The number of fused-ring (bicyclic) bond motifs is 1. The molecule has 170 valence electrons. The molecule has 0 aliphatic heterocycles. The first-order chi connectivity index (χ1) is 15.4. The average molecular weight is 438 g/mol. The minimum Gasteiger partial charge on any atom is -0.490 e. The maximum Gasteiger partial charge on any atom is 0.333 e. The first-order valence-corrected chi connectivity index (χ1v) is 11.0. The molecule has 0 saturated carbocycles. The fourth-order valence-electron chi connectivity index (χ4n) is 3.54. The molecular weight excluding hydrogens is 406 g/mol. The lowest BCUT2D eigenvalue weighted by atomic mass is 10.1. The molecule has 0 saturated heterocycles. The maximum atomic E-state index is 11.5. The van der Waals surface area contributed by atoms with E-state index in [1.54, 1.807) is 13.1 Å². The van der Waals surface area contributed by atoms with Crippen molar-refractivity contribution in [2.45, 2.75) is 59.4 Å². The highest BCUT2D eigenvalue weighted by Gasteiger charge is 2.20. The summed E-state index contributed by atoms with van der Waals surface area (Å²) < 4.78 is 17.7. The second kappa shape index (κ2) is 11.0. The molecule has 1 aromatic heterocycles. The van der Waals surface area contributed by atoms with Crippen LogP contribution < -0.4 is 9.47 Å². The number of hydrogen-bond acceptors (Lipinski definition) is 5. The summed E-state index contributed by atoms with van der Waals surface area (Å²) in [4.78, 5) is 16.1. The number of aryl methyl sites for hydroxylation is 1. The number of para-hydroxylation sites is 1. The summed E-state index contributed by atoms with van der Waals surface area (Å²) >= 11 is 0. The van der Waals surface area contributed by atoms with Gasteiger partial charge in [0.2, 0.25) is 0 Å². The van der Waals surface area contributed by atoms with Gasteiger partial charge in [0.1, 0.15) is 18.1 Å². The van der Waals surface area contributed by atoms with Crippen LogP contribution in [0.3, 0.4) is 0 Å². The topological polar surface area (TPSA) is 77.9 Å². The van der Waals surface area contributed by atoms with E-state index in [2.05, 4.69) is 24.0 Å². The number of nitrogens with zero attached hydrogens (tertiary/aromatic N) is 1. The Kier molecular flexibility index (Phi) is 8.06. The number of ether oxygens (including phenoxy) is 3. The van der Waals surface area contributed by atoms with Crippen molar-refractivity contribution in [2.24, 2.45) is 0 Å². The summed E-state index contributed by atoms with van der Waals surface area (Å²) in [6.07, 6.45) is 2.02. The molecule has 0 amide bonds. The SMILES string of the molecule is CCOC(Cc1ccccc1OCc1cnc2ccc(CC)cc2c1OC(C)C)C(=O)O. The minimum atomic E-state index is -0.986. The van der Waals surface area contributed by atoms with Gasteiger partial charge in [-0.2, -0.15) is 0 Å². The molecule has 0 bridgehead atoms. The van der Waals surface area contributed by atoms with Crippen LogP contribution in [0.1, 0.15) is 44.4 Å². The molecule has 6 nitrogen and oxygen atoms in total. The first-order valence-electron chi connectivity index (χ1n) is 11.0. The van der Waals surface area contributed by atoms with Crippen molar-refractivity contribution in [3.05, 3.63) is 65.4 Å². The van der Waals surface area contributed by atoms with Crippen LogP contribution in [0.4, 0.5) is 0 Å². The second-order valence-corrected chi connectivity index (χ2v) is 7.87. The van der Waals surface area contributed by atoms with E-state index in [1.807, 2.05) is 44.2 Å². The lowest BCUT2D eigenvalue weighted by molar-refractivity contribution is -0.149. The smallest absolute Gasteiger partial charge is 0.333 e. The highest BCUT2D eigenvalue weighted by Crippen LogP contribution is 2.32. The highest BCUT2D eigenvalue weighted by molar-refractivity contribution is 5.86. The van der Waals surface area contributed by atoms with E-state index in [-0.39, 0.29) is 19.1 Å². The van der Waals surface area contributed by atoms with Crippen molar-refractivity contribution in [3.63, 3.8) is 0 Å². The van der Waals surface area contributed by atoms with Gasteiger partial charge in [-0.3, -0.25) is 4.98 Å². The van der Waals surface area contributed by atoms with Gasteiger partial charge in [0.15, 0.2) is 6.10 Å². The molecule has 3 aromatic rings. The summed E-state index contributed by atoms with van der Waals surface area (Å²) in [7, 11) is 0. The molecule has 1 N–H and O–H groups in total. The number of aromatic nitrogens is 1. The van der Waals surface area contributed by atoms with E-state index in [4.69, 9.17) is 14.2 Å². The summed E-state index contributed by atoms with van der Waals surface area (Å²) in [5.41, 5.74) is 3.71. The summed E-state index contributed by atoms with van der Waals surface area (Å²) in [6.45, 7) is 8.48. The van der Waals surface area contributed by atoms with Crippen LogP contribution in [0.2, 0.25) is 0 Å². The number of aliphatic carboxylic acids is 1. The molecule has 0 aliphatic carbocycles. The minimum absolute atomic E-state index is 0.000522. The van der Waals surface area contributed by atoms with Gasteiger partial charge in [0.05, 0.1) is 17.2 Å². The van der Waals surface area contributed by atoms with Gasteiger partial charge in [-0.05, 0) is 56.5 Å². The summed E-state index contributed by atoms with van der Waals surface area (Å²) in [5.74, 6) is 0.409. The normalized spacial score (nSPS) is 12.2. The van der Waals surface area contributed by atoms with E-state index >= 15 is 0 Å². The molecular formula is C26H31NO5. The lowest BCUT2D eigenvalue weighted by Crippen LogP contribution is -2.26. The first kappa shape index (κ1) is 23.5. The molecule has 0 spiro atoms. The van der Waals surface area contributed by atoms with Gasteiger partial charge in [-0.25, -0.2) is 4.79 Å². The fraction of sp³-hybridized carbons (Fsp3) is 0.385. The van der Waals surface area contributed by atoms with Gasteiger partial charge in [0, 0.05) is 24.6 Å². The largest absolute Gasteiger partial charge is 0.490 e. The highest BCUT2D eigenvalue weighted by atomic mass is 16.5. The van der Waals surface area contributed by atoms with Crippen molar-refractivity contribution in [2.75, 3.05) is 6.61 Å². The molecule has 1 unspecified atom stereocenters. The van der Waals surface area contributed by atoms with Crippen LogP contribution in [-0.2, 0) is 29.0 Å². The van der Waals surface area contributed by atoms with E-state index in [0.29, 0.717) is 12.4 Å². The van der Waals surface area contributed by atoms with Crippen LogP contribution in [0, 0.1) is 0 Å². The number of hydrogen-bond donors (Lipinski definition) is 1. The Balaban J connectivity index is 1.90. The monoisotopic (exact) mass is 437 g/mol. The van der Waals surface area contributed by atoms with Gasteiger partial charge >= 0.3 is 5.97 Å². The molecule has 1 atom stereocenters. The average Bonchev–Trinajstić information content (AvgIpc) is 2.78. The van der Waals surface area contributed by atoms with Crippen molar-refractivity contribution in [1.82, 2.24) is 4.98 Å². The summed E-state index contributed by atoms with van der Waals surface area (Å²) in [6, 6.07) is 13.7. The maximum absolute atomic E-state index is 11.5. The molecule has 0 aliphatic rings. The Morgan fingerprint density at radius 3 is 2.56 bits per heavy atom. The van der Waals surface area contributed by atoms with E-state index in [0.717, 1.165) is 34.2 Å². The van der Waals surface area contributed by atoms with Gasteiger partial charge < -0.3 is 19.3 Å². The van der Waals surface area contributed by atoms with Crippen LogP contribution in [0.15, 0.2) is 48.7 Å². The zero-order valence-corrected chi connectivity index (χ0v) is 19.1. The molecule has 0 fully saturated rings. The Morgan fingerprint density at radius 1 is 1.09 bits per heavy atom. The Hall–Kier alpha value is -3.12. The van der Waals surface area contributed by atoms with Crippen molar-refractivity contribution >= 4 is 16.9 Å². The third-order valence-electron chi connectivity index (χ3n) is 5.12. The van der Waals surface area contributed by atoms with Crippen LogP contribution in [0.5, 0.6) is 11.5 Å². The Labute approximate surface area is 189 Å². The predicted molar refractivity (Wildman–Crippen MR) is 124 cm³/mol. The Bertz CT molecular complexity index is 1060. The quantitative estimate of drug-likeness (QED) is 0.444. The third kappa shape index (κ3) is 5.77. The summed E-state index contributed by atoms with van der Waals surface area (Å²) in [5, 5.41) is 10.4. The number of rotatable bonds is 11.